The quantitative estimate of drug-likeness (QED) is 0.674. The summed E-state index contributed by atoms with van der Waals surface area (Å²) in [6.45, 7) is 1.31. The summed E-state index contributed by atoms with van der Waals surface area (Å²) in [5.41, 5.74) is 0.875. The zero-order chi connectivity index (χ0) is 23.5. The smallest absolute Gasteiger partial charge is 0.337 e. The molecule has 1 fully saturated rings. The number of aryl methyl sites for hydroxylation is 1. The van der Waals surface area contributed by atoms with Gasteiger partial charge in [0.15, 0.2) is 0 Å². The molecule has 1 heterocycles. The molecule has 2 aromatic carbocycles. The molecule has 0 spiro atoms. The van der Waals surface area contributed by atoms with Gasteiger partial charge in [-0.1, -0.05) is 6.07 Å². The first kappa shape index (κ1) is 24.0. The van der Waals surface area contributed by atoms with Crippen molar-refractivity contribution in [3.63, 3.8) is 0 Å². The Morgan fingerprint density at radius 3 is 2.38 bits per heavy atom. The lowest BCUT2D eigenvalue weighted by molar-refractivity contribution is -0.145. The third-order valence-corrected chi connectivity index (χ3v) is 6.50. The summed E-state index contributed by atoms with van der Waals surface area (Å²) >= 11 is 0. The van der Waals surface area contributed by atoms with Gasteiger partial charge in [0.1, 0.15) is 5.82 Å². The van der Waals surface area contributed by atoms with E-state index in [1.807, 2.05) is 0 Å². The van der Waals surface area contributed by atoms with Gasteiger partial charge in [0.05, 0.1) is 11.4 Å². The van der Waals surface area contributed by atoms with E-state index >= 15 is 0 Å². The molecule has 0 atom stereocenters. The van der Waals surface area contributed by atoms with Gasteiger partial charge in [0.25, 0.3) is 15.9 Å². The fourth-order valence-electron chi connectivity index (χ4n) is 3.49. The van der Waals surface area contributed by atoms with Crippen LogP contribution in [0.3, 0.4) is 0 Å². The van der Waals surface area contributed by atoms with Gasteiger partial charge in [-0.2, -0.15) is 13.2 Å². The minimum atomic E-state index is -4.31. The molecule has 2 aromatic rings. The second-order valence-corrected chi connectivity index (χ2v) is 9.31. The number of hydrogen-bond donors (Lipinski definition) is 1. The molecule has 0 bridgehead atoms. The van der Waals surface area contributed by atoms with Crippen molar-refractivity contribution in [3.05, 3.63) is 59.4 Å². The van der Waals surface area contributed by atoms with E-state index in [9.17, 15) is 30.8 Å². The number of sulfonamides is 1. The Morgan fingerprint density at radius 2 is 1.72 bits per heavy atom. The molecule has 1 saturated heterocycles. The fraction of sp³-hybridized carbons (Fsp3) is 0.381. The van der Waals surface area contributed by atoms with E-state index in [0.29, 0.717) is 12.0 Å². The molecule has 0 radical (unpaired) electrons. The first-order valence-electron chi connectivity index (χ1n) is 9.92. The molecule has 1 aliphatic rings. The Kier molecular flexibility index (Phi) is 7.09. The molecule has 174 valence electrons. The third-order valence-electron chi connectivity index (χ3n) is 5.12. The molecule has 32 heavy (non-hydrogen) atoms. The number of hydrogen-bond acceptors (Lipinski definition) is 4. The van der Waals surface area contributed by atoms with Crippen molar-refractivity contribution in [1.29, 1.82) is 0 Å². The highest BCUT2D eigenvalue weighted by Crippen LogP contribution is 2.22. The van der Waals surface area contributed by atoms with Crippen LogP contribution >= 0.6 is 0 Å². The fourth-order valence-corrected chi connectivity index (χ4v) is 4.57. The van der Waals surface area contributed by atoms with Crippen LogP contribution in [0.5, 0.6) is 0 Å². The summed E-state index contributed by atoms with van der Waals surface area (Å²) in [6, 6.07) is 8.88. The maximum Gasteiger partial charge on any atom is 0.401 e. The maximum atomic E-state index is 13.1. The molecule has 11 heteroatoms. The number of nitrogens with one attached hydrogen (secondary N) is 1. The molecule has 0 unspecified atom stereocenters. The van der Waals surface area contributed by atoms with Crippen molar-refractivity contribution in [2.75, 3.05) is 37.4 Å². The van der Waals surface area contributed by atoms with Crippen LogP contribution in [0.4, 0.5) is 23.2 Å². The molecule has 0 aliphatic carbocycles. The van der Waals surface area contributed by atoms with E-state index in [-0.39, 0.29) is 42.3 Å². The summed E-state index contributed by atoms with van der Waals surface area (Å²) in [6.07, 6.45) is -3.93. The van der Waals surface area contributed by atoms with Gasteiger partial charge < -0.3 is 4.90 Å². The van der Waals surface area contributed by atoms with Gasteiger partial charge in [0, 0.05) is 37.4 Å². The molecular weight excluding hydrogens is 450 g/mol. The highest BCUT2D eigenvalue weighted by Gasteiger charge is 2.32. The van der Waals surface area contributed by atoms with E-state index in [1.54, 1.807) is 6.92 Å². The van der Waals surface area contributed by atoms with Gasteiger partial charge in [0.2, 0.25) is 0 Å². The second kappa shape index (κ2) is 9.45. The summed E-state index contributed by atoms with van der Waals surface area (Å²) < 4.78 is 78.9. The standard InChI is InChI=1S/C21H23F4N3O3S/c1-15-3-8-18(32(30,31)26-17-6-4-16(22)5-7-17)13-19(15)20(29)28-10-2-9-27(11-12-28)14-21(23,24)25/h3-8,13,26H,2,9-12,14H2,1H3. The van der Waals surface area contributed by atoms with Crippen LogP contribution in [0.2, 0.25) is 0 Å². The summed E-state index contributed by atoms with van der Waals surface area (Å²) in [4.78, 5) is 15.6. The summed E-state index contributed by atoms with van der Waals surface area (Å²) in [5.74, 6) is -0.947. The molecule has 1 N–H and O–H groups in total. The van der Waals surface area contributed by atoms with Crippen molar-refractivity contribution in [1.82, 2.24) is 9.80 Å². The van der Waals surface area contributed by atoms with E-state index in [4.69, 9.17) is 0 Å². The lowest BCUT2D eigenvalue weighted by atomic mass is 10.1. The second-order valence-electron chi connectivity index (χ2n) is 7.63. The van der Waals surface area contributed by atoms with Gasteiger partial charge in [-0.3, -0.25) is 14.4 Å². The first-order valence-corrected chi connectivity index (χ1v) is 11.4. The average Bonchev–Trinajstić information content (AvgIpc) is 2.93. The molecule has 3 rings (SSSR count). The Morgan fingerprint density at radius 1 is 1.03 bits per heavy atom. The number of rotatable bonds is 5. The van der Waals surface area contributed by atoms with Crippen LogP contribution < -0.4 is 4.72 Å². The number of carbonyl (C=O) groups excluding carboxylic acids is 1. The van der Waals surface area contributed by atoms with Crippen LogP contribution in [-0.2, 0) is 10.0 Å². The van der Waals surface area contributed by atoms with Crippen LogP contribution in [0.15, 0.2) is 47.4 Å². The predicted molar refractivity (Wildman–Crippen MR) is 111 cm³/mol. The number of carbonyl (C=O) groups is 1. The zero-order valence-electron chi connectivity index (χ0n) is 17.3. The number of anilines is 1. The Balaban J connectivity index is 1.77. The molecule has 0 aromatic heterocycles. The van der Waals surface area contributed by atoms with Gasteiger partial charge in [-0.05, 0) is 55.3 Å². The molecule has 0 saturated carbocycles. The molecule has 1 amide bonds. The lowest BCUT2D eigenvalue weighted by Crippen LogP contribution is -2.38. The van der Waals surface area contributed by atoms with Crippen molar-refractivity contribution in [2.45, 2.75) is 24.4 Å². The first-order chi connectivity index (χ1) is 14.9. The lowest BCUT2D eigenvalue weighted by Gasteiger charge is -2.23. The third kappa shape index (κ3) is 6.19. The number of amides is 1. The molecule has 6 nitrogen and oxygen atoms in total. The number of benzene rings is 2. The van der Waals surface area contributed by atoms with Crippen molar-refractivity contribution >= 4 is 21.6 Å². The number of nitrogens with zero attached hydrogens (tertiary/aromatic N) is 2. The SMILES string of the molecule is Cc1ccc(S(=O)(=O)Nc2ccc(F)cc2)cc1C(=O)N1CCCN(CC(F)(F)F)CC1. The van der Waals surface area contributed by atoms with Crippen molar-refractivity contribution < 1.29 is 30.8 Å². The zero-order valence-corrected chi connectivity index (χ0v) is 18.1. The largest absolute Gasteiger partial charge is 0.401 e. The average molecular weight is 473 g/mol. The van der Waals surface area contributed by atoms with Gasteiger partial charge >= 0.3 is 6.18 Å². The van der Waals surface area contributed by atoms with Crippen LogP contribution in [0.25, 0.3) is 0 Å². The topological polar surface area (TPSA) is 69.7 Å². The normalized spacial score (nSPS) is 16.0. The highest BCUT2D eigenvalue weighted by molar-refractivity contribution is 7.92. The van der Waals surface area contributed by atoms with Gasteiger partial charge in [-0.25, -0.2) is 12.8 Å². The van der Waals surface area contributed by atoms with E-state index in [0.717, 1.165) is 12.1 Å². The summed E-state index contributed by atoms with van der Waals surface area (Å²) in [7, 11) is -4.04. The van der Waals surface area contributed by atoms with Crippen molar-refractivity contribution in [3.8, 4) is 0 Å². The molecular formula is C21H23F4N3O3S. The van der Waals surface area contributed by atoms with Crippen LogP contribution in [0.1, 0.15) is 22.3 Å². The van der Waals surface area contributed by atoms with Crippen molar-refractivity contribution in [2.24, 2.45) is 0 Å². The number of alkyl halides is 3. The number of halogens is 4. The Bertz CT molecular complexity index is 1070. The Labute approximate surface area is 183 Å². The minimum Gasteiger partial charge on any atom is -0.337 e. The van der Waals surface area contributed by atoms with E-state index < -0.39 is 34.5 Å². The highest BCUT2D eigenvalue weighted by atomic mass is 32.2. The van der Waals surface area contributed by atoms with Crippen LogP contribution in [-0.4, -0.2) is 63.0 Å². The monoisotopic (exact) mass is 473 g/mol. The minimum absolute atomic E-state index is 0.0778. The van der Waals surface area contributed by atoms with Gasteiger partial charge in [-0.15, -0.1) is 0 Å². The predicted octanol–water partition coefficient (Wildman–Crippen LogP) is 3.65. The maximum absolute atomic E-state index is 13.1. The molecule has 1 aliphatic heterocycles. The van der Waals surface area contributed by atoms with E-state index in [2.05, 4.69) is 4.72 Å². The van der Waals surface area contributed by atoms with Crippen LogP contribution in [0, 0.1) is 12.7 Å². The van der Waals surface area contributed by atoms with E-state index in [1.165, 1.54) is 40.1 Å². The summed E-state index contributed by atoms with van der Waals surface area (Å²) in [5, 5.41) is 0. The Hall–Kier alpha value is -2.66.